The Labute approximate surface area is 164 Å². The lowest BCUT2D eigenvalue weighted by molar-refractivity contribution is 0.115. The molecular weight excluding hydrogens is 366 g/mol. The van der Waals surface area contributed by atoms with E-state index in [1.165, 1.54) is 0 Å². The van der Waals surface area contributed by atoms with Crippen molar-refractivity contribution < 1.29 is 9.29 Å². The van der Waals surface area contributed by atoms with E-state index in [0.717, 1.165) is 11.1 Å². The van der Waals surface area contributed by atoms with Crippen LogP contribution in [0.2, 0.25) is 5.02 Å². The summed E-state index contributed by atoms with van der Waals surface area (Å²) in [6, 6.07) is 16.9. The zero-order valence-electron chi connectivity index (χ0n) is 15.3. The van der Waals surface area contributed by atoms with E-state index in [2.05, 4.69) is 16.6 Å². The number of ether oxygens (including phenoxy) is 1. The van der Waals surface area contributed by atoms with Gasteiger partial charge in [0.25, 0.3) is 0 Å². The van der Waals surface area contributed by atoms with Gasteiger partial charge in [0.2, 0.25) is 0 Å². The summed E-state index contributed by atoms with van der Waals surface area (Å²) in [5.74, 6) is 6.21. The molecule has 2 aromatic rings. The summed E-state index contributed by atoms with van der Waals surface area (Å²) in [5.41, 5.74) is 1.94. The van der Waals surface area contributed by atoms with Gasteiger partial charge >= 0.3 is 0 Å². The summed E-state index contributed by atoms with van der Waals surface area (Å²) < 4.78 is 20.9. The summed E-state index contributed by atoms with van der Waals surface area (Å²) in [5, 5.41) is 0.672. The molecule has 0 amide bonds. The van der Waals surface area contributed by atoms with Crippen LogP contribution in [-0.2, 0) is 22.7 Å². The van der Waals surface area contributed by atoms with Gasteiger partial charge in [0.15, 0.2) is 0 Å². The van der Waals surface area contributed by atoms with Gasteiger partial charge in [0.05, 0.1) is 13.2 Å². The van der Waals surface area contributed by atoms with Gasteiger partial charge in [0.1, 0.15) is 10.8 Å². The smallest absolute Gasteiger partial charge is 0.137 e. The number of nitrogens with one attached hydrogen (secondary N) is 1. The molecule has 3 nitrogen and oxygen atoms in total. The molecule has 2 rings (SSSR count). The molecule has 0 aromatic heterocycles. The van der Waals surface area contributed by atoms with Crippen molar-refractivity contribution in [2.24, 2.45) is 0 Å². The molecule has 0 fully saturated rings. The predicted molar refractivity (Wildman–Crippen MR) is 109 cm³/mol. The Kier molecular flexibility index (Phi) is 8.02. The van der Waals surface area contributed by atoms with Gasteiger partial charge < -0.3 is 9.29 Å². The van der Waals surface area contributed by atoms with Crippen LogP contribution >= 0.6 is 11.6 Å². The molecule has 1 unspecified atom stereocenters. The molecule has 5 heteroatoms. The molecule has 1 N–H and O–H groups in total. The van der Waals surface area contributed by atoms with Crippen molar-refractivity contribution >= 4 is 23.0 Å². The lowest BCUT2D eigenvalue weighted by atomic mass is 10.2. The third-order valence-corrected chi connectivity index (χ3v) is 5.30. The molecule has 0 bridgehead atoms. The number of halogens is 1. The molecule has 0 aliphatic rings. The quantitative estimate of drug-likeness (QED) is 0.590. The van der Waals surface area contributed by atoms with Crippen LogP contribution < -0.4 is 4.72 Å². The van der Waals surface area contributed by atoms with E-state index >= 15 is 0 Å². The van der Waals surface area contributed by atoms with Gasteiger partial charge in [-0.05, 0) is 50.6 Å². The summed E-state index contributed by atoms with van der Waals surface area (Å²) in [6.45, 7) is 6.60. The second kappa shape index (κ2) is 10.0. The maximum absolute atomic E-state index is 12.4. The first-order chi connectivity index (χ1) is 12.3. The second-order valence-electron chi connectivity index (χ2n) is 6.83. The van der Waals surface area contributed by atoms with Crippen LogP contribution in [0.3, 0.4) is 0 Å². The molecule has 0 aliphatic heterocycles. The minimum Gasteiger partial charge on any atom is -0.598 e. The summed E-state index contributed by atoms with van der Waals surface area (Å²) >= 11 is 4.67. The molecule has 0 radical (unpaired) electrons. The first-order valence-electron chi connectivity index (χ1n) is 8.41. The highest BCUT2D eigenvalue weighted by Gasteiger charge is 2.28. The predicted octanol–water partition coefficient (Wildman–Crippen LogP) is 4.33. The van der Waals surface area contributed by atoms with Crippen LogP contribution in [-0.4, -0.2) is 21.9 Å². The molecule has 0 saturated heterocycles. The highest BCUT2D eigenvalue weighted by atomic mass is 35.5. The summed E-state index contributed by atoms with van der Waals surface area (Å²) in [4.78, 5) is 0. The van der Waals surface area contributed by atoms with Gasteiger partial charge in [-0.15, -0.1) is 4.72 Å². The minimum atomic E-state index is -1.23. The van der Waals surface area contributed by atoms with Crippen LogP contribution in [0.15, 0.2) is 54.6 Å². The molecule has 2 aromatic carbocycles. The van der Waals surface area contributed by atoms with Crippen molar-refractivity contribution in [3.8, 4) is 11.8 Å². The van der Waals surface area contributed by atoms with Gasteiger partial charge in [0, 0.05) is 21.9 Å². The SMILES string of the molecule is CC(C)(C)[S+]([O-])N[C@@H](C#Cc1ccc(Cl)cc1)COCc1ccccc1. The Hall–Kier alpha value is -1.48. The third-order valence-electron chi connectivity index (χ3n) is 3.44. The van der Waals surface area contributed by atoms with Crippen LogP contribution in [0, 0.1) is 11.8 Å². The van der Waals surface area contributed by atoms with E-state index in [4.69, 9.17) is 16.3 Å². The van der Waals surface area contributed by atoms with Gasteiger partial charge in [-0.1, -0.05) is 53.8 Å². The zero-order valence-corrected chi connectivity index (χ0v) is 16.9. The molecule has 0 aliphatic carbocycles. The van der Waals surface area contributed by atoms with E-state index in [1.807, 2.05) is 63.2 Å². The molecule has 138 valence electrons. The highest BCUT2D eigenvalue weighted by molar-refractivity contribution is 7.90. The number of benzene rings is 2. The van der Waals surface area contributed by atoms with E-state index in [1.54, 1.807) is 12.1 Å². The van der Waals surface area contributed by atoms with Crippen LogP contribution in [0.25, 0.3) is 0 Å². The Morgan fingerprint density at radius 3 is 2.38 bits per heavy atom. The van der Waals surface area contributed by atoms with E-state index in [9.17, 15) is 4.55 Å². The second-order valence-corrected chi connectivity index (χ2v) is 9.26. The number of hydrogen-bond acceptors (Lipinski definition) is 3. The van der Waals surface area contributed by atoms with Gasteiger partial charge in [-0.25, -0.2) is 0 Å². The van der Waals surface area contributed by atoms with E-state index in [0.29, 0.717) is 18.2 Å². The first-order valence-corrected chi connectivity index (χ1v) is 9.94. The molecule has 2 atom stereocenters. The molecule has 26 heavy (non-hydrogen) atoms. The van der Waals surface area contributed by atoms with Crippen molar-refractivity contribution in [3.63, 3.8) is 0 Å². The highest BCUT2D eigenvalue weighted by Crippen LogP contribution is 2.14. The first kappa shape index (κ1) is 20.8. The Morgan fingerprint density at radius 1 is 1.12 bits per heavy atom. The fourth-order valence-corrected chi connectivity index (χ4v) is 2.85. The van der Waals surface area contributed by atoms with Crippen molar-refractivity contribution in [1.82, 2.24) is 4.72 Å². The molecule has 0 saturated carbocycles. The summed E-state index contributed by atoms with van der Waals surface area (Å²) in [7, 11) is 0. The lowest BCUT2D eigenvalue weighted by Gasteiger charge is -2.26. The van der Waals surface area contributed by atoms with Crippen LogP contribution in [0.4, 0.5) is 0 Å². The van der Waals surface area contributed by atoms with E-state index < -0.39 is 11.4 Å². The normalized spacial score (nSPS) is 13.6. The van der Waals surface area contributed by atoms with Crippen molar-refractivity contribution in [1.29, 1.82) is 0 Å². The molecule has 0 heterocycles. The molecular formula is C21H24ClNO2S. The fraction of sp³-hybridized carbons (Fsp3) is 0.333. The lowest BCUT2D eigenvalue weighted by Crippen LogP contribution is -2.45. The van der Waals surface area contributed by atoms with Crippen LogP contribution in [0.5, 0.6) is 0 Å². The minimum absolute atomic E-state index is 0.338. The van der Waals surface area contributed by atoms with Gasteiger partial charge in [-0.3, -0.25) is 0 Å². The standard InChI is InChI=1S/C21H24ClNO2S/c1-21(2,3)26(24)23-20(14-11-17-9-12-19(22)13-10-17)16-25-15-18-7-5-4-6-8-18/h4-10,12-13,20,23H,15-16H2,1-3H3/t20-,26?/m0/s1. The maximum Gasteiger partial charge on any atom is 0.137 e. The van der Waals surface area contributed by atoms with Crippen molar-refractivity contribution in [2.45, 2.75) is 38.2 Å². The zero-order chi connectivity index (χ0) is 19.0. The third kappa shape index (κ3) is 7.41. The largest absolute Gasteiger partial charge is 0.598 e. The average Bonchev–Trinajstić information content (AvgIpc) is 2.61. The Balaban J connectivity index is 2.02. The average molecular weight is 390 g/mol. The monoisotopic (exact) mass is 389 g/mol. The maximum atomic E-state index is 12.4. The van der Waals surface area contributed by atoms with E-state index in [-0.39, 0.29) is 10.8 Å². The van der Waals surface area contributed by atoms with Gasteiger partial charge in [-0.2, -0.15) is 0 Å². The van der Waals surface area contributed by atoms with Crippen molar-refractivity contribution in [2.75, 3.05) is 6.61 Å². The summed E-state index contributed by atoms with van der Waals surface area (Å²) in [6.07, 6.45) is 0. The number of hydrogen-bond donors (Lipinski definition) is 1. The Bertz CT molecular complexity index is 733. The van der Waals surface area contributed by atoms with Crippen LogP contribution in [0.1, 0.15) is 31.9 Å². The fourth-order valence-electron chi connectivity index (χ4n) is 1.98. The molecule has 0 spiro atoms. The number of rotatable bonds is 6. The topological polar surface area (TPSA) is 44.3 Å². The Morgan fingerprint density at radius 2 is 1.77 bits per heavy atom. The van der Waals surface area contributed by atoms with Crippen molar-refractivity contribution in [3.05, 3.63) is 70.7 Å².